The Morgan fingerprint density at radius 3 is 2.69 bits per heavy atom. The maximum atomic E-state index is 12.6. The lowest BCUT2D eigenvalue weighted by Gasteiger charge is -2.21. The minimum atomic E-state index is -0.00440. The van der Waals surface area contributed by atoms with Crippen LogP contribution in [0.1, 0.15) is 62.5 Å². The monoisotopic (exact) mass is 397 g/mol. The SMILES string of the molecule is Cc1ccc(C)c(NC(=O)CN(CCC(=O)NCCC2=CCCCC2)C2CC2)c1. The van der Waals surface area contributed by atoms with Gasteiger partial charge in [-0.3, -0.25) is 14.5 Å². The number of hydrogen-bond donors (Lipinski definition) is 2. The number of carbonyl (C=O) groups excluding carboxylic acids is 2. The van der Waals surface area contributed by atoms with Crippen LogP contribution in [0, 0.1) is 13.8 Å². The first-order valence-corrected chi connectivity index (χ1v) is 11.1. The van der Waals surface area contributed by atoms with Crippen molar-refractivity contribution in [3.63, 3.8) is 0 Å². The Labute approximate surface area is 174 Å². The highest BCUT2D eigenvalue weighted by Gasteiger charge is 2.30. The lowest BCUT2D eigenvalue weighted by Crippen LogP contribution is -2.38. The summed E-state index contributed by atoms with van der Waals surface area (Å²) in [7, 11) is 0. The molecule has 1 aromatic carbocycles. The molecule has 29 heavy (non-hydrogen) atoms. The van der Waals surface area contributed by atoms with E-state index in [-0.39, 0.29) is 11.8 Å². The molecule has 0 unspecified atom stereocenters. The summed E-state index contributed by atoms with van der Waals surface area (Å²) in [5, 5.41) is 6.08. The van der Waals surface area contributed by atoms with Crippen LogP contribution >= 0.6 is 0 Å². The second-order valence-corrected chi connectivity index (χ2v) is 8.53. The largest absolute Gasteiger partial charge is 0.356 e. The fourth-order valence-corrected chi connectivity index (χ4v) is 3.90. The third-order valence-electron chi connectivity index (χ3n) is 5.86. The smallest absolute Gasteiger partial charge is 0.238 e. The van der Waals surface area contributed by atoms with Gasteiger partial charge in [0, 0.05) is 31.2 Å². The first-order valence-electron chi connectivity index (χ1n) is 11.1. The Bertz CT molecular complexity index is 752. The Morgan fingerprint density at radius 2 is 1.97 bits per heavy atom. The molecule has 0 aliphatic heterocycles. The number of anilines is 1. The zero-order valence-electron chi connectivity index (χ0n) is 17.9. The summed E-state index contributed by atoms with van der Waals surface area (Å²) in [6, 6.07) is 6.52. The van der Waals surface area contributed by atoms with Crippen molar-refractivity contribution in [2.24, 2.45) is 0 Å². The first kappa shape index (κ1) is 21.6. The van der Waals surface area contributed by atoms with Gasteiger partial charge in [0.2, 0.25) is 11.8 Å². The normalized spacial score (nSPS) is 16.4. The molecule has 0 heterocycles. The van der Waals surface area contributed by atoms with Crippen LogP contribution in [0.3, 0.4) is 0 Å². The molecule has 0 aromatic heterocycles. The van der Waals surface area contributed by atoms with E-state index in [9.17, 15) is 9.59 Å². The number of hydrogen-bond acceptors (Lipinski definition) is 3. The number of carbonyl (C=O) groups is 2. The topological polar surface area (TPSA) is 61.4 Å². The highest BCUT2D eigenvalue weighted by Crippen LogP contribution is 2.27. The zero-order chi connectivity index (χ0) is 20.6. The predicted molar refractivity (Wildman–Crippen MR) is 118 cm³/mol. The first-order chi connectivity index (χ1) is 14.0. The molecule has 0 saturated heterocycles. The van der Waals surface area contributed by atoms with Crippen LogP contribution < -0.4 is 10.6 Å². The average molecular weight is 398 g/mol. The number of nitrogens with zero attached hydrogens (tertiary/aromatic N) is 1. The van der Waals surface area contributed by atoms with Crippen molar-refractivity contribution in [1.29, 1.82) is 0 Å². The van der Waals surface area contributed by atoms with Crippen LogP contribution in [0.2, 0.25) is 0 Å². The van der Waals surface area contributed by atoms with Gasteiger partial charge in [-0.2, -0.15) is 0 Å². The van der Waals surface area contributed by atoms with E-state index in [4.69, 9.17) is 0 Å². The van der Waals surface area contributed by atoms with Crippen molar-refractivity contribution < 1.29 is 9.59 Å². The molecule has 0 bridgehead atoms. The summed E-state index contributed by atoms with van der Waals surface area (Å²) in [5.74, 6) is 0.0808. The van der Waals surface area contributed by atoms with E-state index in [0.29, 0.717) is 25.6 Å². The average Bonchev–Trinajstić information content (AvgIpc) is 3.54. The van der Waals surface area contributed by atoms with Crippen molar-refractivity contribution >= 4 is 17.5 Å². The second-order valence-electron chi connectivity index (χ2n) is 8.53. The van der Waals surface area contributed by atoms with Gasteiger partial charge in [-0.15, -0.1) is 0 Å². The van der Waals surface area contributed by atoms with Crippen molar-refractivity contribution in [1.82, 2.24) is 10.2 Å². The van der Waals surface area contributed by atoms with Gasteiger partial charge in [0.1, 0.15) is 0 Å². The Balaban J connectivity index is 1.40. The summed E-state index contributed by atoms with van der Waals surface area (Å²) in [6.45, 7) is 5.73. The molecular formula is C24H35N3O2. The molecule has 3 rings (SSSR count). The molecule has 5 heteroatoms. The van der Waals surface area contributed by atoms with Crippen LogP contribution in [0.4, 0.5) is 5.69 Å². The molecular weight excluding hydrogens is 362 g/mol. The minimum Gasteiger partial charge on any atom is -0.356 e. The quantitative estimate of drug-likeness (QED) is 0.584. The van der Waals surface area contributed by atoms with Gasteiger partial charge in [0.25, 0.3) is 0 Å². The number of nitrogens with one attached hydrogen (secondary N) is 2. The van der Waals surface area contributed by atoms with Gasteiger partial charge in [-0.1, -0.05) is 23.8 Å². The lowest BCUT2D eigenvalue weighted by atomic mass is 9.97. The molecule has 1 saturated carbocycles. The summed E-state index contributed by atoms with van der Waals surface area (Å²) in [5.41, 5.74) is 4.56. The molecule has 1 fully saturated rings. The van der Waals surface area contributed by atoms with E-state index in [1.54, 1.807) is 0 Å². The molecule has 0 spiro atoms. The number of rotatable bonds is 10. The fraction of sp³-hybridized carbons (Fsp3) is 0.583. The van der Waals surface area contributed by atoms with Gasteiger partial charge in [0.05, 0.1) is 6.54 Å². The number of amides is 2. The van der Waals surface area contributed by atoms with E-state index in [1.807, 2.05) is 32.0 Å². The summed E-state index contributed by atoms with van der Waals surface area (Å²) < 4.78 is 0. The van der Waals surface area contributed by atoms with Crippen molar-refractivity contribution in [2.75, 3.05) is 25.0 Å². The summed E-state index contributed by atoms with van der Waals surface area (Å²) in [4.78, 5) is 26.9. The molecule has 0 atom stereocenters. The minimum absolute atomic E-state index is 0.00440. The summed E-state index contributed by atoms with van der Waals surface area (Å²) >= 11 is 0. The molecule has 1 aromatic rings. The lowest BCUT2D eigenvalue weighted by molar-refractivity contribution is -0.122. The molecule has 0 radical (unpaired) electrons. The third-order valence-corrected chi connectivity index (χ3v) is 5.86. The van der Waals surface area contributed by atoms with Gasteiger partial charge in [-0.05, 0) is 76.0 Å². The molecule has 158 valence electrons. The van der Waals surface area contributed by atoms with Crippen LogP contribution in [0.25, 0.3) is 0 Å². The Kier molecular flexibility index (Phi) is 7.87. The second kappa shape index (κ2) is 10.6. The van der Waals surface area contributed by atoms with Gasteiger partial charge in [0.15, 0.2) is 0 Å². The maximum absolute atomic E-state index is 12.6. The van der Waals surface area contributed by atoms with Crippen LogP contribution in [0.15, 0.2) is 29.8 Å². The number of allylic oxidation sites excluding steroid dienone is 1. The maximum Gasteiger partial charge on any atom is 0.238 e. The van der Waals surface area contributed by atoms with Crippen molar-refractivity contribution in [3.8, 4) is 0 Å². The molecule has 2 aliphatic carbocycles. The number of aryl methyl sites for hydroxylation is 2. The Morgan fingerprint density at radius 1 is 1.14 bits per heavy atom. The third kappa shape index (κ3) is 7.32. The van der Waals surface area contributed by atoms with E-state index in [0.717, 1.165) is 42.6 Å². The highest BCUT2D eigenvalue weighted by molar-refractivity contribution is 5.93. The standard InChI is InChI=1S/C24H35N3O2/c1-18-8-9-19(2)22(16-18)26-24(29)17-27(21-10-11-21)15-13-23(28)25-14-12-20-6-4-3-5-7-20/h6,8-9,16,21H,3-5,7,10-15,17H2,1-2H3,(H,25,28)(H,26,29). The van der Waals surface area contributed by atoms with E-state index in [1.165, 1.54) is 31.3 Å². The summed E-state index contributed by atoms with van der Waals surface area (Å²) in [6.07, 6.45) is 10.9. The van der Waals surface area contributed by atoms with Crippen LogP contribution in [-0.2, 0) is 9.59 Å². The molecule has 2 amide bonds. The van der Waals surface area contributed by atoms with E-state index < -0.39 is 0 Å². The highest BCUT2D eigenvalue weighted by atomic mass is 16.2. The van der Waals surface area contributed by atoms with Crippen molar-refractivity contribution in [3.05, 3.63) is 41.0 Å². The van der Waals surface area contributed by atoms with E-state index >= 15 is 0 Å². The molecule has 5 nitrogen and oxygen atoms in total. The van der Waals surface area contributed by atoms with Gasteiger partial charge >= 0.3 is 0 Å². The predicted octanol–water partition coefficient (Wildman–Crippen LogP) is 4.10. The number of benzene rings is 1. The molecule has 2 N–H and O–H groups in total. The Hall–Kier alpha value is -2.14. The molecule has 2 aliphatic rings. The van der Waals surface area contributed by atoms with Gasteiger partial charge in [-0.25, -0.2) is 0 Å². The van der Waals surface area contributed by atoms with Gasteiger partial charge < -0.3 is 10.6 Å². The van der Waals surface area contributed by atoms with E-state index in [2.05, 4.69) is 21.6 Å². The van der Waals surface area contributed by atoms with Crippen LogP contribution in [-0.4, -0.2) is 42.4 Å². The zero-order valence-corrected chi connectivity index (χ0v) is 17.9. The van der Waals surface area contributed by atoms with Crippen molar-refractivity contribution in [2.45, 2.75) is 71.3 Å². The van der Waals surface area contributed by atoms with Crippen LogP contribution in [0.5, 0.6) is 0 Å². The fourth-order valence-electron chi connectivity index (χ4n) is 3.90.